The van der Waals surface area contributed by atoms with E-state index in [1.165, 1.54) is 12.1 Å². The van der Waals surface area contributed by atoms with E-state index in [-0.39, 0.29) is 5.82 Å². The van der Waals surface area contributed by atoms with Gasteiger partial charge in [-0.05, 0) is 17.7 Å². The molecule has 1 aliphatic rings. The highest BCUT2D eigenvalue weighted by Gasteiger charge is 2.24. The van der Waals surface area contributed by atoms with E-state index in [9.17, 15) is 4.39 Å². The van der Waals surface area contributed by atoms with Crippen molar-refractivity contribution < 1.29 is 8.91 Å². The minimum Gasteiger partial charge on any atom is -0.339 e. The highest BCUT2D eigenvalue weighted by molar-refractivity contribution is 5.20. The molecule has 1 saturated heterocycles. The lowest BCUT2D eigenvalue weighted by Gasteiger charge is -2.22. The largest absolute Gasteiger partial charge is 0.339 e. The summed E-state index contributed by atoms with van der Waals surface area (Å²) in [5.74, 6) is 1.38. The molecule has 17 heavy (non-hydrogen) atoms. The molecule has 5 heteroatoms. The molecule has 0 aliphatic carbocycles. The van der Waals surface area contributed by atoms with E-state index in [2.05, 4.69) is 15.5 Å². The molecule has 0 atom stereocenters. The van der Waals surface area contributed by atoms with Gasteiger partial charge in [-0.2, -0.15) is 4.98 Å². The quantitative estimate of drug-likeness (QED) is 0.872. The Labute approximate surface area is 97.8 Å². The van der Waals surface area contributed by atoms with Crippen molar-refractivity contribution in [1.82, 2.24) is 15.5 Å². The first-order valence-corrected chi connectivity index (χ1v) is 5.59. The van der Waals surface area contributed by atoms with Crippen LogP contribution in [-0.2, 0) is 6.42 Å². The minimum absolute atomic E-state index is 0.241. The zero-order chi connectivity index (χ0) is 11.7. The zero-order valence-electron chi connectivity index (χ0n) is 9.19. The summed E-state index contributed by atoms with van der Waals surface area (Å²) in [6.45, 7) is 1.78. The predicted octanol–water partition coefficient (Wildman–Crippen LogP) is 1.49. The summed E-state index contributed by atoms with van der Waals surface area (Å²) in [5.41, 5.74) is 0.851. The first-order chi connectivity index (χ1) is 8.31. The van der Waals surface area contributed by atoms with Crippen molar-refractivity contribution in [3.8, 4) is 0 Å². The Hall–Kier alpha value is -1.75. The van der Waals surface area contributed by atoms with Gasteiger partial charge in [-0.3, -0.25) is 0 Å². The smallest absolute Gasteiger partial charge is 0.232 e. The number of hydrogen-bond acceptors (Lipinski definition) is 4. The molecule has 1 N–H and O–H groups in total. The maximum Gasteiger partial charge on any atom is 0.232 e. The average molecular weight is 233 g/mol. The molecular weight excluding hydrogens is 221 g/mol. The second kappa shape index (κ2) is 4.25. The molecule has 0 unspecified atom stereocenters. The Morgan fingerprint density at radius 1 is 1.41 bits per heavy atom. The van der Waals surface area contributed by atoms with Crippen LogP contribution < -0.4 is 5.32 Å². The molecule has 1 aromatic carbocycles. The number of aromatic nitrogens is 2. The van der Waals surface area contributed by atoms with Crippen LogP contribution in [0.5, 0.6) is 0 Å². The van der Waals surface area contributed by atoms with E-state index < -0.39 is 0 Å². The lowest BCUT2D eigenvalue weighted by molar-refractivity contribution is 0.306. The maximum atomic E-state index is 13.0. The second-order valence-corrected chi connectivity index (χ2v) is 4.21. The van der Waals surface area contributed by atoms with Gasteiger partial charge in [0.25, 0.3) is 0 Å². The highest BCUT2D eigenvalue weighted by Crippen LogP contribution is 2.18. The van der Waals surface area contributed by atoms with Gasteiger partial charge in [-0.15, -0.1) is 0 Å². The van der Waals surface area contributed by atoms with E-state index in [0.29, 0.717) is 24.1 Å². The fraction of sp³-hybridized carbons (Fsp3) is 0.333. The monoisotopic (exact) mass is 233 g/mol. The van der Waals surface area contributed by atoms with Gasteiger partial charge >= 0.3 is 0 Å². The molecule has 2 aromatic rings. The second-order valence-electron chi connectivity index (χ2n) is 4.21. The summed E-state index contributed by atoms with van der Waals surface area (Å²) < 4.78 is 18.2. The van der Waals surface area contributed by atoms with Crippen molar-refractivity contribution in [1.29, 1.82) is 0 Å². The fourth-order valence-electron chi connectivity index (χ4n) is 1.80. The van der Waals surface area contributed by atoms with Crippen molar-refractivity contribution in [3.05, 3.63) is 47.4 Å². The van der Waals surface area contributed by atoms with Crippen LogP contribution in [0.2, 0.25) is 0 Å². The Kier molecular flexibility index (Phi) is 2.60. The molecule has 1 fully saturated rings. The van der Waals surface area contributed by atoms with E-state index in [1.807, 2.05) is 6.07 Å². The maximum absolute atomic E-state index is 13.0. The molecule has 4 nitrogen and oxygen atoms in total. The van der Waals surface area contributed by atoms with Gasteiger partial charge in [-0.25, -0.2) is 4.39 Å². The van der Waals surface area contributed by atoms with Gasteiger partial charge in [0, 0.05) is 19.5 Å². The predicted molar refractivity (Wildman–Crippen MR) is 59.1 cm³/mol. The Morgan fingerprint density at radius 2 is 2.29 bits per heavy atom. The number of nitrogens with one attached hydrogen (secondary N) is 1. The molecule has 88 valence electrons. The molecule has 2 heterocycles. The number of nitrogens with zero attached hydrogens (tertiary/aromatic N) is 2. The van der Waals surface area contributed by atoms with Crippen LogP contribution in [0.4, 0.5) is 4.39 Å². The van der Waals surface area contributed by atoms with E-state index in [4.69, 9.17) is 4.52 Å². The summed E-state index contributed by atoms with van der Waals surface area (Å²) in [4.78, 5) is 4.32. The normalized spacial score (nSPS) is 15.8. The molecule has 0 radical (unpaired) electrons. The summed E-state index contributed by atoms with van der Waals surface area (Å²) in [5, 5.41) is 7.06. The number of rotatable bonds is 3. The van der Waals surface area contributed by atoms with Crippen LogP contribution in [0.15, 0.2) is 28.8 Å². The zero-order valence-corrected chi connectivity index (χ0v) is 9.19. The van der Waals surface area contributed by atoms with Gasteiger partial charge in [0.15, 0.2) is 5.82 Å². The first kappa shape index (κ1) is 10.4. The minimum atomic E-state index is -0.241. The third-order valence-electron chi connectivity index (χ3n) is 2.87. The third-order valence-corrected chi connectivity index (χ3v) is 2.87. The molecule has 0 spiro atoms. The molecule has 0 amide bonds. The van der Waals surface area contributed by atoms with Crippen molar-refractivity contribution in [3.63, 3.8) is 0 Å². The van der Waals surface area contributed by atoms with E-state index in [1.54, 1.807) is 6.07 Å². The van der Waals surface area contributed by atoms with Crippen LogP contribution in [-0.4, -0.2) is 23.2 Å². The van der Waals surface area contributed by atoms with Crippen LogP contribution in [0.3, 0.4) is 0 Å². The molecule has 0 saturated carbocycles. The first-order valence-electron chi connectivity index (χ1n) is 5.59. The third kappa shape index (κ3) is 2.19. The van der Waals surface area contributed by atoms with Gasteiger partial charge in [0.05, 0.1) is 5.92 Å². The number of hydrogen-bond donors (Lipinski definition) is 1. The van der Waals surface area contributed by atoms with Crippen LogP contribution in [0, 0.1) is 5.82 Å². The highest BCUT2D eigenvalue weighted by atomic mass is 19.1. The van der Waals surface area contributed by atoms with Crippen molar-refractivity contribution >= 4 is 0 Å². The Balaban J connectivity index is 1.74. The molecular formula is C12H12FN3O. The molecule has 3 rings (SSSR count). The van der Waals surface area contributed by atoms with E-state index >= 15 is 0 Å². The summed E-state index contributed by atoms with van der Waals surface area (Å²) >= 11 is 0. The van der Waals surface area contributed by atoms with Crippen molar-refractivity contribution in [2.24, 2.45) is 0 Å². The lowest BCUT2D eigenvalue weighted by Crippen LogP contribution is -2.40. The average Bonchev–Trinajstić information content (AvgIpc) is 2.63. The van der Waals surface area contributed by atoms with Gasteiger partial charge in [0.1, 0.15) is 5.82 Å². The molecule has 1 aliphatic heterocycles. The van der Waals surface area contributed by atoms with Crippen LogP contribution >= 0.6 is 0 Å². The molecule has 1 aromatic heterocycles. The Morgan fingerprint density at radius 3 is 3.00 bits per heavy atom. The van der Waals surface area contributed by atoms with Gasteiger partial charge < -0.3 is 9.84 Å². The fourth-order valence-corrected chi connectivity index (χ4v) is 1.80. The lowest BCUT2D eigenvalue weighted by atomic mass is 10.0. The summed E-state index contributed by atoms with van der Waals surface area (Å²) in [6.07, 6.45) is 0.501. The molecule has 0 bridgehead atoms. The van der Waals surface area contributed by atoms with Crippen molar-refractivity contribution in [2.45, 2.75) is 12.3 Å². The number of benzene rings is 1. The summed E-state index contributed by atoms with van der Waals surface area (Å²) in [6, 6.07) is 6.44. The van der Waals surface area contributed by atoms with Crippen LogP contribution in [0.1, 0.15) is 23.2 Å². The van der Waals surface area contributed by atoms with Gasteiger partial charge in [-0.1, -0.05) is 17.3 Å². The standard InChI is InChI=1S/C12H12FN3O/c13-10-3-1-2-8(4-10)5-11-15-12(17-16-11)9-6-14-7-9/h1-4,9,14H,5-7H2. The van der Waals surface area contributed by atoms with E-state index in [0.717, 1.165) is 18.7 Å². The van der Waals surface area contributed by atoms with Crippen molar-refractivity contribution in [2.75, 3.05) is 13.1 Å². The summed E-state index contributed by atoms with van der Waals surface area (Å²) in [7, 11) is 0. The van der Waals surface area contributed by atoms with Crippen LogP contribution in [0.25, 0.3) is 0 Å². The number of halogens is 1. The SMILES string of the molecule is Fc1cccc(Cc2noc(C3CNC3)n2)c1. The Bertz CT molecular complexity index is 522. The topological polar surface area (TPSA) is 51.0 Å². The van der Waals surface area contributed by atoms with Gasteiger partial charge in [0.2, 0.25) is 5.89 Å².